The van der Waals surface area contributed by atoms with Crippen LogP contribution in [0.5, 0.6) is 0 Å². The number of amides is 1. The third-order valence-corrected chi connectivity index (χ3v) is 6.44. The van der Waals surface area contributed by atoms with Gasteiger partial charge in [-0.1, -0.05) is 11.6 Å². The molecule has 30 heavy (non-hydrogen) atoms. The molecule has 9 heteroatoms. The highest BCUT2D eigenvalue weighted by atomic mass is 35.5. The SMILES string of the molecule is CC(=O)N1CCc2cc(C(=O)[C@@H](C)OC(=O)c3ccc(Cl)c(S(C)(=O)=O)c3)ccc21. The Morgan fingerprint density at radius 3 is 2.40 bits per heavy atom. The molecule has 0 radical (unpaired) electrons. The van der Waals surface area contributed by atoms with Gasteiger partial charge in [0.15, 0.2) is 15.9 Å². The molecule has 7 nitrogen and oxygen atoms in total. The number of sulfone groups is 1. The van der Waals surface area contributed by atoms with Gasteiger partial charge in [-0.2, -0.15) is 0 Å². The van der Waals surface area contributed by atoms with Gasteiger partial charge >= 0.3 is 5.97 Å². The zero-order valence-corrected chi connectivity index (χ0v) is 18.2. The molecule has 1 aliphatic rings. The minimum atomic E-state index is -3.63. The van der Waals surface area contributed by atoms with Crippen molar-refractivity contribution in [3.63, 3.8) is 0 Å². The molecule has 0 aliphatic carbocycles. The van der Waals surface area contributed by atoms with Gasteiger partial charge in [0.1, 0.15) is 0 Å². The highest BCUT2D eigenvalue weighted by molar-refractivity contribution is 7.90. The van der Waals surface area contributed by atoms with Gasteiger partial charge in [0.25, 0.3) is 0 Å². The number of anilines is 1. The summed E-state index contributed by atoms with van der Waals surface area (Å²) in [5.74, 6) is -1.29. The number of benzene rings is 2. The molecule has 0 spiro atoms. The number of esters is 1. The van der Waals surface area contributed by atoms with Crippen LogP contribution in [0.3, 0.4) is 0 Å². The van der Waals surface area contributed by atoms with Crippen molar-refractivity contribution in [1.29, 1.82) is 0 Å². The number of carbonyl (C=O) groups is 3. The van der Waals surface area contributed by atoms with Crippen LogP contribution in [0.25, 0.3) is 0 Å². The van der Waals surface area contributed by atoms with Crippen LogP contribution in [0.1, 0.15) is 40.1 Å². The fourth-order valence-corrected chi connectivity index (χ4v) is 4.61. The predicted molar refractivity (Wildman–Crippen MR) is 112 cm³/mol. The third kappa shape index (κ3) is 4.39. The van der Waals surface area contributed by atoms with Crippen molar-refractivity contribution >= 4 is 44.8 Å². The maximum atomic E-state index is 12.7. The van der Waals surface area contributed by atoms with Crippen molar-refractivity contribution in [2.75, 3.05) is 17.7 Å². The Hall–Kier alpha value is -2.71. The van der Waals surface area contributed by atoms with E-state index >= 15 is 0 Å². The second kappa shape index (κ2) is 8.20. The smallest absolute Gasteiger partial charge is 0.338 e. The number of halogens is 1. The lowest BCUT2D eigenvalue weighted by Crippen LogP contribution is -2.26. The molecule has 158 valence electrons. The van der Waals surface area contributed by atoms with E-state index in [1.165, 1.54) is 26.0 Å². The van der Waals surface area contributed by atoms with Crippen LogP contribution in [0.4, 0.5) is 5.69 Å². The van der Waals surface area contributed by atoms with E-state index in [9.17, 15) is 22.8 Å². The Balaban J connectivity index is 1.77. The topological polar surface area (TPSA) is 97.8 Å². The number of carbonyl (C=O) groups excluding carboxylic acids is 3. The number of Topliss-reactive ketones (excluding diaryl/α,β-unsaturated/α-hetero) is 1. The standard InChI is InChI=1S/C21H20ClNO6S/c1-12(29-21(26)16-4-6-17(22)19(11-16)30(3,27)28)20(25)15-5-7-18-14(10-15)8-9-23(18)13(2)24/h4-7,10-12H,8-9H2,1-3H3/t12-/m1/s1. The van der Waals surface area contributed by atoms with Crippen molar-refractivity contribution in [2.24, 2.45) is 0 Å². The average Bonchev–Trinajstić information content (AvgIpc) is 3.10. The summed E-state index contributed by atoms with van der Waals surface area (Å²) in [5, 5.41) is -0.00378. The van der Waals surface area contributed by atoms with Crippen molar-refractivity contribution in [2.45, 2.75) is 31.3 Å². The third-order valence-electron chi connectivity index (χ3n) is 4.86. The molecule has 0 unspecified atom stereocenters. The molecular weight excluding hydrogens is 430 g/mol. The number of nitrogens with zero attached hydrogens (tertiary/aromatic N) is 1. The van der Waals surface area contributed by atoms with E-state index in [1.807, 2.05) is 0 Å². The summed E-state index contributed by atoms with van der Waals surface area (Å²) >= 11 is 5.89. The molecule has 0 bridgehead atoms. The molecule has 0 N–H and O–H groups in total. The Bertz CT molecular complexity index is 1160. The van der Waals surface area contributed by atoms with Gasteiger partial charge in [-0.3, -0.25) is 9.59 Å². The van der Waals surface area contributed by atoms with Gasteiger partial charge in [0, 0.05) is 31.0 Å². The number of rotatable bonds is 5. The van der Waals surface area contributed by atoms with Gasteiger partial charge in [-0.05, 0) is 55.3 Å². The van der Waals surface area contributed by atoms with E-state index in [0.717, 1.165) is 23.6 Å². The van der Waals surface area contributed by atoms with Crippen molar-refractivity contribution in [1.82, 2.24) is 0 Å². The molecule has 1 heterocycles. The van der Waals surface area contributed by atoms with Crippen LogP contribution in [0.2, 0.25) is 5.02 Å². The normalized spacial score (nSPS) is 14.2. The molecule has 3 rings (SSSR count). The summed E-state index contributed by atoms with van der Waals surface area (Å²) in [6.07, 6.45) is 0.540. The predicted octanol–water partition coefficient (Wildman–Crippen LogP) is 3.08. The molecule has 1 atom stereocenters. The first-order valence-electron chi connectivity index (χ1n) is 9.15. The van der Waals surface area contributed by atoms with E-state index in [4.69, 9.17) is 16.3 Å². The highest BCUT2D eigenvalue weighted by Crippen LogP contribution is 2.29. The molecule has 0 fully saturated rings. The number of hydrogen-bond donors (Lipinski definition) is 0. The maximum absolute atomic E-state index is 12.7. The average molecular weight is 450 g/mol. The summed E-state index contributed by atoms with van der Waals surface area (Å²) < 4.78 is 28.8. The zero-order valence-electron chi connectivity index (χ0n) is 16.6. The first kappa shape index (κ1) is 22.0. The zero-order chi connectivity index (χ0) is 22.2. The van der Waals surface area contributed by atoms with Crippen LogP contribution < -0.4 is 4.90 Å². The second-order valence-electron chi connectivity index (χ2n) is 7.09. The largest absolute Gasteiger partial charge is 0.451 e. The van der Waals surface area contributed by atoms with Gasteiger partial charge in [0.05, 0.1) is 15.5 Å². The van der Waals surface area contributed by atoms with Crippen molar-refractivity contribution in [3.05, 3.63) is 58.1 Å². The Morgan fingerprint density at radius 1 is 1.10 bits per heavy atom. The molecular formula is C21H20ClNO6S. The van der Waals surface area contributed by atoms with E-state index in [-0.39, 0.29) is 21.4 Å². The minimum Gasteiger partial charge on any atom is -0.451 e. The summed E-state index contributed by atoms with van der Waals surface area (Å²) in [5.41, 5.74) is 2.00. The molecule has 0 saturated carbocycles. The Kier molecular flexibility index (Phi) is 6.01. The lowest BCUT2D eigenvalue weighted by atomic mass is 10.0. The first-order chi connectivity index (χ1) is 14.0. The molecule has 0 saturated heterocycles. The van der Waals surface area contributed by atoms with E-state index in [0.29, 0.717) is 18.5 Å². The van der Waals surface area contributed by atoms with E-state index < -0.39 is 27.7 Å². The van der Waals surface area contributed by atoms with E-state index in [1.54, 1.807) is 23.1 Å². The molecule has 2 aromatic carbocycles. The maximum Gasteiger partial charge on any atom is 0.338 e. The number of ether oxygens (including phenoxy) is 1. The Morgan fingerprint density at radius 2 is 1.77 bits per heavy atom. The molecule has 1 amide bonds. The summed E-state index contributed by atoms with van der Waals surface area (Å²) in [6, 6.07) is 8.77. The second-order valence-corrected chi connectivity index (χ2v) is 9.48. The van der Waals surface area contributed by atoms with Crippen LogP contribution >= 0.6 is 11.6 Å². The van der Waals surface area contributed by atoms with Crippen LogP contribution in [-0.2, 0) is 25.8 Å². The van der Waals surface area contributed by atoms with Gasteiger partial charge < -0.3 is 9.64 Å². The fourth-order valence-electron chi connectivity index (χ4n) is 3.31. The summed E-state index contributed by atoms with van der Waals surface area (Å²) in [6.45, 7) is 3.50. The van der Waals surface area contributed by atoms with Crippen molar-refractivity contribution in [3.8, 4) is 0 Å². The van der Waals surface area contributed by atoms with Gasteiger partial charge in [0.2, 0.25) is 11.7 Å². The quantitative estimate of drug-likeness (QED) is 0.514. The van der Waals surface area contributed by atoms with Crippen LogP contribution in [-0.4, -0.2) is 45.0 Å². The Labute approximate surface area is 179 Å². The number of ketones is 1. The van der Waals surface area contributed by atoms with Crippen LogP contribution in [0.15, 0.2) is 41.3 Å². The molecule has 1 aliphatic heterocycles. The lowest BCUT2D eigenvalue weighted by Gasteiger charge is -2.16. The van der Waals surface area contributed by atoms with Gasteiger partial charge in [-0.25, -0.2) is 13.2 Å². The monoisotopic (exact) mass is 449 g/mol. The fraction of sp³-hybridized carbons (Fsp3) is 0.286. The van der Waals surface area contributed by atoms with Crippen molar-refractivity contribution < 1.29 is 27.5 Å². The minimum absolute atomic E-state index is 0.00378. The summed E-state index contributed by atoms with van der Waals surface area (Å²) in [4.78, 5) is 38.3. The van der Waals surface area contributed by atoms with Crippen LogP contribution in [0, 0.1) is 0 Å². The van der Waals surface area contributed by atoms with E-state index in [2.05, 4.69) is 0 Å². The lowest BCUT2D eigenvalue weighted by molar-refractivity contribution is -0.116. The number of hydrogen-bond acceptors (Lipinski definition) is 6. The molecule has 0 aromatic heterocycles. The van der Waals surface area contributed by atoms with Gasteiger partial charge in [-0.15, -0.1) is 0 Å². The first-order valence-corrected chi connectivity index (χ1v) is 11.4. The number of fused-ring (bicyclic) bond motifs is 1. The molecule has 2 aromatic rings. The highest BCUT2D eigenvalue weighted by Gasteiger charge is 2.26. The summed E-state index contributed by atoms with van der Waals surface area (Å²) in [7, 11) is -3.63.